The molecule has 1 aliphatic heterocycles. The summed E-state index contributed by atoms with van der Waals surface area (Å²) < 4.78 is 24.4. The number of carbonyl (C=O) groups excluding carboxylic acids is 1. The molecule has 1 aliphatic rings. The van der Waals surface area contributed by atoms with Gasteiger partial charge in [-0.2, -0.15) is 0 Å². The van der Waals surface area contributed by atoms with Gasteiger partial charge in [0.1, 0.15) is 5.82 Å². The van der Waals surface area contributed by atoms with Crippen LogP contribution in [0.3, 0.4) is 0 Å². The van der Waals surface area contributed by atoms with Crippen molar-refractivity contribution in [2.75, 3.05) is 20.8 Å². The second-order valence-electron chi connectivity index (χ2n) is 6.85. The third-order valence-corrected chi connectivity index (χ3v) is 4.89. The van der Waals surface area contributed by atoms with Crippen LogP contribution in [0.1, 0.15) is 41.4 Å². The van der Waals surface area contributed by atoms with Gasteiger partial charge in [-0.3, -0.25) is 4.79 Å². The molecular weight excluding hydrogens is 333 g/mol. The van der Waals surface area contributed by atoms with Crippen LogP contribution < -0.4 is 9.47 Å². The van der Waals surface area contributed by atoms with Gasteiger partial charge in [-0.05, 0) is 53.8 Å². The molecule has 1 heterocycles. The molecule has 0 saturated carbocycles. The Morgan fingerprint density at radius 1 is 1.15 bits per heavy atom. The van der Waals surface area contributed by atoms with Crippen molar-refractivity contribution in [3.8, 4) is 11.5 Å². The monoisotopic (exact) mass is 357 g/mol. The lowest BCUT2D eigenvalue weighted by Crippen LogP contribution is -2.42. The lowest BCUT2D eigenvalue weighted by atomic mass is 9.85. The minimum Gasteiger partial charge on any atom is -0.493 e. The quantitative estimate of drug-likeness (QED) is 0.822. The Hall–Kier alpha value is -2.56. The van der Waals surface area contributed by atoms with E-state index < -0.39 is 5.82 Å². The first-order chi connectivity index (χ1) is 12.5. The van der Waals surface area contributed by atoms with Crippen molar-refractivity contribution < 1.29 is 18.7 Å². The van der Waals surface area contributed by atoms with E-state index in [2.05, 4.69) is 13.8 Å². The number of nitrogens with zero attached hydrogens (tertiary/aromatic N) is 1. The van der Waals surface area contributed by atoms with Gasteiger partial charge in [0.2, 0.25) is 0 Å². The molecule has 0 radical (unpaired) electrons. The number of hydrogen-bond acceptors (Lipinski definition) is 3. The number of hydrogen-bond donors (Lipinski definition) is 0. The van der Waals surface area contributed by atoms with Crippen molar-refractivity contribution >= 4 is 5.91 Å². The Morgan fingerprint density at radius 3 is 2.46 bits per heavy atom. The van der Waals surface area contributed by atoms with Gasteiger partial charge in [-0.1, -0.05) is 19.9 Å². The summed E-state index contributed by atoms with van der Waals surface area (Å²) in [4.78, 5) is 14.9. The standard InChI is InChI=1S/C21H24FNO3/c1-13(2)20-17-12-19(26-4)18(25-3)11-14(17)8-9-23(20)21(24)15-6-5-7-16(22)10-15/h5-7,10-13,20H,8-9H2,1-4H3. The molecular formula is C21H24FNO3. The van der Waals surface area contributed by atoms with Gasteiger partial charge >= 0.3 is 0 Å². The van der Waals surface area contributed by atoms with E-state index in [4.69, 9.17) is 9.47 Å². The van der Waals surface area contributed by atoms with Gasteiger partial charge in [0.15, 0.2) is 11.5 Å². The van der Waals surface area contributed by atoms with Crippen LogP contribution in [0.25, 0.3) is 0 Å². The molecule has 1 unspecified atom stereocenters. The zero-order valence-corrected chi connectivity index (χ0v) is 15.6. The molecule has 2 aromatic carbocycles. The molecule has 1 atom stereocenters. The number of benzene rings is 2. The van der Waals surface area contributed by atoms with Gasteiger partial charge in [-0.25, -0.2) is 4.39 Å². The van der Waals surface area contributed by atoms with E-state index in [1.165, 1.54) is 12.1 Å². The lowest BCUT2D eigenvalue weighted by molar-refractivity contribution is 0.0602. The van der Waals surface area contributed by atoms with Crippen molar-refractivity contribution in [2.24, 2.45) is 5.92 Å². The Morgan fingerprint density at radius 2 is 1.85 bits per heavy atom. The number of ether oxygens (including phenoxy) is 2. The molecule has 0 fully saturated rings. The molecule has 0 aromatic heterocycles. The SMILES string of the molecule is COc1cc2c(cc1OC)C(C(C)C)N(C(=O)c1cccc(F)c1)CC2. The predicted octanol–water partition coefficient (Wildman–Crippen LogP) is 4.24. The van der Waals surface area contributed by atoms with Gasteiger partial charge in [0.25, 0.3) is 5.91 Å². The summed E-state index contributed by atoms with van der Waals surface area (Å²) >= 11 is 0. The number of carbonyl (C=O) groups is 1. The second kappa shape index (κ2) is 7.36. The van der Waals surface area contributed by atoms with E-state index in [1.54, 1.807) is 26.4 Å². The van der Waals surface area contributed by atoms with Gasteiger partial charge in [-0.15, -0.1) is 0 Å². The van der Waals surface area contributed by atoms with Gasteiger partial charge in [0.05, 0.1) is 20.3 Å². The molecule has 0 aliphatic carbocycles. The van der Waals surface area contributed by atoms with Crippen LogP contribution in [0.5, 0.6) is 11.5 Å². The first kappa shape index (κ1) is 18.2. The summed E-state index contributed by atoms with van der Waals surface area (Å²) in [6.45, 7) is 4.76. The highest BCUT2D eigenvalue weighted by molar-refractivity contribution is 5.94. The van der Waals surface area contributed by atoms with Crippen molar-refractivity contribution in [2.45, 2.75) is 26.3 Å². The minimum atomic E-state index is -0.402. The van der Waals surface area contributed by atoms with Crippen LogP contribution in [-0.4, -0.2) is 31.6 Å². The molecule has 0 bridgehead atoms. The Balaban J connectivity index is 2.04. The van der Waals surface area contributed by atoms with Crippen LogP contribution in [0.4, 0.5) is 4.39 Å². The maximum absolute atomic E-state index is 13.6. The van der Waals surface area contributed by atoms with Gasteiger partial charge < -0.3 is 14.4 Å². The Bertz CT molecular complexity index is 819. The summed E-state index contributed by atoms with van der Waals surface area (Å²) in [5, 5.41) is 0. The fourth-order valence-electron chi connectivity index (χ4n) is 3.71. The summed E-state index contributed by atoms with van der Waals surface area (Å²) in [6, 6.07) is 9.72. The van der Waals surface area contributed by atoms with Crippen LogP contribution in [0, 0.1) is 11.7 Å². The summed E-state index contributed by atoms with van der Waals surface area (Å²) in [5.74, 6) is 0.990. The highest BCUT2D eigenvalue weighted by Gasteiger charge is 2.34. The van der Waals surface area contributed by atoms with E-state index in [1.807, 2.05) is 17.0 Å². The number of fused-ring (bicyclic) bond motifs is 1. The van der Waals surface area contributed by atoms with Crippen LogP contribution in [-0.2, 0) is 6.42 Å². The topological polar surface area (TPSA) is 38.8 Å². The molecule has 3 rings (SSSR count). The fourth-order valence-corrected chi connectivity index (χ4v) is 3.71. The van der Waals surface area contributed by atoms with Gasteiger partial charge in [0, 0.05) is 12.1 Å². The van der Waals surface area contributed by atoms with Crippen LogP contribution in [0.2, 0.25) is 0 Å². The van der Waals surface area contributed by atoms with Crippen molar-refractivity contribution in [1.82, 2.24) is 4.90 Å². The van der Waals surface area contributed by atoms with E-state index in [0.29, 0.717) is 23.6 Å². The summed E-state index contributed by atoms with van der Waals surface area (Å²) in [7, 11) is 3.22. The predicted molar refractivity (Wildman–Crippen MR) is 98.3 cm³/mol. The average molecular weight is 357 g/mol. The Labute approximate surface area is 153 Å². The molecule has 5 heteroatoms. The Kier molecular flexibility index (Phi) is 5.16. The van der Waals surface area contributed by atoms with Crippen molar-refractivity contribution in [3.63, 3.8) is 0 Å². The first-order valence-corrected chi connectivity index (χ1v) is 8.77. The number of amides is 1. The fraction of sp³-hybridized carbons (Fsp3) is 0.381. The minimum absolute atomic E-state index is 0.102. The van der Waals surface area contributed by atoms with Crippen molar-refractivity contribution in [1.29, 1.82) is 0 Å². The average Bonchev–Trinajstić information content (AvgIpc) is 2.64. The summed E-state index contributed by atoms with van der Waals surface area (Å²) in [6.07, 6.45) is 0.722. The molecule has 138 valence electrons. The van der Waals surface area contributed by atoms with Crippen LogP contribution >= 0.6 is 0 Å². The molecule has 0 N–H and O–H groups in total. The summed E-state index contributed by atoms with van der Waals surface area (Å²) in [5.41, 5.74) is 2.60. The molecule has 1 amide bonds. The molecule has 4 nitrogen and oxygen atoms in total. The zero-order chi connectivity index (χ0) is 18.8. The third-order valence-electron chi connectivity index (χ3n) is 4.89. The third kappa shape index (κ3) is 3.26. The zero-order valence-electron chi connectivity index (χ0n) is 15.6. The van der Waals surface area contributed by atoms with Crippen molar-refractivity contribution in [3.05, 3.63) is 58.9 Å². The van der Waals surface area contributed by atoms with E-state index in [-0.39, 0.29) is 17.9 Å². The second-order valence-corrected chi connectivity index (χ2v) is 6.85. The largest absolute Gasteiger partial charge is 0.493 e. The van der Waals surface area contributed by atoms with E-state index in [9.17, 15) is 9.18 Å². The van der Waals surface area contributed by atoms with E-state index >= 15 is 0 Å². The highest BCUT2D eigenvalue weighted by atomic mass is 19.1. The molecule has 0 saturated heterocycles. The number of methoxy groups -OCH3 is 2. The van der Waals surface area contributed by atoms with Crippen LogP contribution in [0.15, 0.2) is 36.4 Å². The smallest absolute Gasteiger partial charge is 0.254 e. The molecule has 0 spiro atoms. The lowest BCUT2D eigenvalue weighted by Gasteiger charge is -2.40. The molecule has 2 aromatic rings. The number of rotatable bonds is 4. The van der Waals surface area contributed by atoms with E-state index in [0.717, 1.165) is 17.5 Å². The highest BCUT2D eigenvalue weighted by Crippen LogP contribution is 2.41. The maximum atomic E-state index is 13.6. The maximum Gasteiger partial charge on any atom is 0.254 e. The molecule has 26 heavy (non-hydrogen) atoms. The normalized spacial score (nSPS) is 16.4. The number of halogens is 1. The first-order valence-electron chi connectivity index (χ1n) is 8.77.